The Kier molecular flexibility index (Phi) is 5.12. The zero-order chi connectivity index (χ0) is 13.8. The highest BCUT2D eigenvalue weighted by molar-refractivity contribution is 6.33. The van der Waals surface area contributed by atoms with E-state index in [4.69, 9.17) is 17.3 Å². The Morgan fingerprint density at radius 1 is 1.37 bits per heavy atom. The Labute approximate surface area is 121 Å². The second-order valence-corrected chi connectivity index (χ2v) is 6.10. The van der Waals surface area contributed by atoms with E-state index >= 15 is 0 Å². The van der Waals surface area contributed by atoms with Gasteiger partial charge in [-0.25, -0.2) is 0 Å². The monoisotopic (exact) mass is 280 g/mol. The third-order valence-electron chi connectivity index (χ3n) is 4.26. The normalized spacial score (nSPS) is 22.1. The van der Waals surface area contributed by atoms with Crippen LogP contribution in [-0.2, 0) is 0 Å². The molecule has 1 fully saturated rings. The van der Waals surface area contributed by atoms with Gasteiger partial charge in [0.05, 0.1) is 10.7 Å². The van der Waals surface area contributed by atoms with Crippen molar-refractivity contribution < 1.29 is 0 Å². The molecule has 0 aliphatic carbocycles. The highest BCUT2D eigenvalue weighted by Gasteiger charge is 2.18. The van der Waals surface area contributed by atoms with E-state index in [1.165, 1.54) is 31.4 Å². The summed E-state index contributed by atoms with van der Waals surface area (Å²) in [5.74, 6) is 0.882. The van der Waals surface area contributed by atoms with Crippen molar-refractivity contribution in [2.75, 3.05) is 18.0 Å². The first-order valence-corrected chi connectivity index (χ1v) is 7.79. The molecule has 2 atom stereocenters. The van der Waals surface area contributed by atoms with Crippen LogP contribution in [0.25, 0.3) is 0 Å². The van der Waals surface area contributed by atoms with Crippen molar-refractivity contribution in [3.63, 3.8) is 0 Å². The van der Waals surface area contributed by atoms with E-state index in [0.717, 1.165) is 29.6 Å². The van der Waals surface area contributed by atoms with Gasteiger partial charge in [-0.05, 0) is 49.8 Å². The topological polar surface area (TPSA) is 29.3 Å². The largest absolute Gasteiger partial charge is 0.370 e. The lowest BCUT2D eigenvalue weighted by molar-refractivity contribution is 0.459. The minimum absolute atomic E-state index is 0.0418. The standard InChI is InChI=1S/C16H25ClN2/c1-3-13-5-4-9-19(10-8-13)16-7-6-14(12(2)18)11-15(16)17/h6-7,11-13H,3-5,8-10,18H2,1-2H3/t12-,13?/m0/s1. The fourth-order valence-electron chi connectivity index (χ4n) is 2.88. The van der Waals surface area contributed by atoms with Gasteiger partial charge < -0.3 is 10.6 Å². The molecular formula is C16H25ClN2. The Bertz CT molecular complexity index is 417. The third-order valence-corrected chi connectivity index (χ3v) is 4.57. The predicted octanol–water partition coefficient (Wildman–Crippen LogP) is 4.38. The van der Waals surface area contributed by atoms with Crippen LogP contribution in [0.4, 0.5) is 5.69 Å². The summed E-state index contributed by atoms with van der Waals surface area (Å²) in [6.45, 7) is 6.53. The van der Waals surface area contributed by atoms with Crippen molar-refractivity contribution in [2.45, 2.75) is 45.6 Å². The van der Waals surface area contributed by atoms with E-state index in [1.807, 2.05) is 13.0 Å². The quantitative estimate of drug-likeness (QED) is 0.890. The van der Waals surface area contributed by atoms with Crippen LogP contribution in [0.15, 0.2) is 18.2 Å². The molecule has 2 rings (SSSR count). The van der Waals surface area contributed by atoms with Gasteiger partial charge in [0.15, 0.2) is 0 Å². The maximum atomic E-state index is 6.43. The van der Waals surface area contributed by atoms with Crippen LogP contribution in [-0.4, -0.2) is 13.1 Å². The lowest BCUT2D eigenvalue weighted by Crippen LogP contribution is -2.24. The molecule has 1 aliphatic rings. The molecule has 0 amide bonds. The molecule has 0 aromatic heterocycles. The summed E-state index contributed by atoms with van der Waals surface area (Å²) in [6.07, 6.45) is 5.19. The zero-order valence-electron chi connectivity index (χ0n) is 12.0. The van der Waals surface area contributed by atoms with E-state index in [9.17, 15) is 0 Å². The van der Waals surface area contributed by atoms with E-state index in [2.05, 4.69) is 24.0 Å². The molecule has 0 bridgehead atoms. The molecule has 0 radical (unpaired) electrons. The van der Waals surface area contributed by atoms with Gasteiger partial charge in [0, 0.05) is 19.1 Å². The zero-order valence-corrected chi connectivity index (χ0v) is 12.8. The molecule has 0 spiro atoms. The molecular weight excluding hydrogens is 256 g/mol. The first-order chi connectivity index (χ1) is 9.11. The van der Waals surface area contributed by atoms with Gasteiger partial charge in [-0.15, -0.1) is 0 Å². The van der Waals surface area contributed by atoms with Gasteiger partial charge >= 0.3 is 0 Å². The summed E-state index contributed by atoms with van der Waals surface area (Å²) in [5.41, 5.74) is 8.18. The predicted molar refractivity (Wildman–Crippen MR) is 83.9 cm³/mol. The summed E-state index contributed by atoms with van der Waals surface area (Å²) < 4.78 is 0. The average Bonchev–Trinajstić information content (AvgIpc) is 2.63. The molecule has 1 aromatic carbocycles. The highest BCUT2D eigenvalue weighted by Crippen LogP contribution is 2.31. The fourth-order valence-corrected chi connectivity index (χ4v) is 3.19. The fraction of sp³-hybridized carbons (Fsp3) is 0.625. The lowest BCUT2D eigenvalue weighted by atomic mass is 9.98. The Morgan fingerprint density at radius 2 is 2.16 bits per heavy atom. The maximum absolute atomic E-state index is 6.43. The Morgan fingerprint density at radius 3 is 2.79 bits per heavy atom. The van der Waals surface area contributed by atoms with E-state index in [-0.39, 0.29) is 6.04 Å². The SMILES string of the molecule is CCC1CCCN(c2ccc([C@H](C)N)cc2Cl)CC1. The lowest BCUT2D eigenvalue weighted by Gasteiger charge is -2.24. The van der Waals surface area contributed by atoms with Crippen LogP contribution in [0.1, 0.15) is 51.1 Å². The second-order valence-electron chi connectivity index (χ2n) is 5.69. The molecule has 106 valence electrons. The van der Waals surface area contributed by atoms with Crippen LogP contribution in [0.2, 0.25) is 5.02 Å². The maximum Gasteiger partial charge on any atom is 0.0642 e. The van der Waals surface area contributed by atoms with Gasteiger partial charge in [-0.1, -0.05) is 31.0 Å². The van der Waals surface area contributed by atoms with Crippen molar-refractivity contribution in [3.05, 3.63) is 28.8 Å². The van der Waals surface area contributed by atoms with E-state index in [1.54, 1.807) is 0 Å². The van der Waals surface area contributed by atoms with Crippen molar-refractivity contribution in [1.82, 2.24) is 0 Å². The highest BCUT2D eigenvalue weighted by atomic mass is 35.5. The van der Waals surface area contributed by atoms with Crippen LogP contribution in [0.3, 0.4) is 0 Å². The van der Waals surface area contributed by atoms with Crippen molar-refractivity contribution >= 4 is 17.3 Å². The molecule has 1 aliphatic heterocycles. The molecule has 2 nitrogen and oxygen atoms in total. The smallest absolute Gasteiger partial charge is 0.0642 e. The number of nitrogens with zero attached hydrogens (tertiary/aromatic N) is 1. The Hall–Kier alpha value is -0.730. The summed E-state index contributed by atoms with van der Waals surface area (Å²) in [4.78, 5) is 2.43. The molecule has 19 heavy (non-hydrogen) atoms. The number of halogens is 1. The summed E-state index contributed by atoms with van der Waals surface area (Å²) in [6, 6.07) is 6.30. The van der Waals surface area contributed by atoms with E-state index in [0.29, 0.717) is 0 Å². The molecule has 1 unspecified atom stereocenters. The van der Waals surface area contributed by atoms with Gasteiger partial charge in [0.2, 0.25) is 0 Å². The molecule has 0 saturated carbocycles. The minimum atomic E-state index is 0.0418. The van der Waals surface area contributed by atoms with E-state index < -0.39 is 0 Å². The molecule has 3 heteroatoms. The van der Waals surface area contributed by atoms with Crippen molar-refractivity contribution in [3.8, 4) is 0 Å². The molecule has 2 N–H and O–H groups in total. The first kappa shape index (κ1) is 14.7. The molecule has 1 aromatic rings. The van der Waals surface area contributed by atoms with Crippen molar-refractivity contribution in [1.29, 1.82) is 0 Å². The summed E-state index contributed by atoms with van der Waals surface area (Å²) >= 11 is 6.43. The van der Waals surface area contributed by atoms with Crippen LogP contribution in [0.5, 0.6) is 0 Å². The van der Waals surface area contributed by atoms with Crippen molar-refractivity contribution in [2.24, 2.45) is 11.7 Å². The number of hydrogen-bond acceptors (Lipinski definition) is 2. The first-order valence-electron chi connectivity index (χ1n) is 7.41. The summed E-state index contributed by atoms with van der Waals surface area (Å²) in [7, 11) is 0. The molecule has 1 heterocycles. The average molecular weight is 281 g/mol. The van der Waals surface area contributed by atoms with Crippen LogP contribution >= 0.6 is 11.6 Å². The number of rotatable bonds is 3. The number of anilines is 1. The Balaban J connectivity index is 2.13. The number of hydrogen-bond donors (Lipinski definition) is 1. The second kappa shape index (κ2) is 6.62. The van der Waals surface area contributed by atoms with Gasteiger partial charge in [0.1, 0.15) is 0 Å². The van der Waals surface area contributed by atoms with Gasteiger partial charge in [-0.3, -0.25) is 0 Å². The van der Waals surface area contributed by atoms with Crippen LogP contribution in [0, 0.1) is 5.92 Å². The third kappa shape index (κ3) is 3.64. The minimum Gasteiger partial charge on any atom is -0.370 e. The van der Waals surface area contributed by atoms with Gasteiger partial charge in [-0.2, -0.15) is 0 Å². The molecule has 1 saturated heterocycles. The van der Waals surface area contributed by atoms with Crippen LogP contribution < -0.4 is 10.6 Å². The van der Waals surface area contributed by atoms with Gasteiger partial charge in [0.25, 0.3) is 0 Å². The number of benzene rings is 1. The summed E-state index contributed by atoms with van der Waals surface area (Å²) in [5, 5.41) is 0.838. The number of nitrogens with two attached hydrogens (primary N) is 1.